The van der Waals surface area contributed by atoms with Gasteiger partial charge in [0.05, 0.1) is 21.3 Å². The Morgan fingerprint density at radius 1 is 1.17 bits per heavy atom. The first-order chi connectivity index (χ1) is 13.5. The lowest BCUT2D eigenvalue weighted by molar-refractivity contribution is -0.138. The molecule has 10 heteroatoms. The van der Waals surface area contributed by atoms with Crippen LogP contribution in [0.1, 0.15) is 17.5 Å². The van der Waals surface area contributed by atoms with Gasteiger partial charge >= 0.3 is 6.18 Å². The van der Waals surface area contributed by atoms with Crippen molar-refractivity contribution in [3.05, 3.63) is 57.6 Å². The van der Waals surface area contributed by atoms with Crippen LogP contribution in [0.4, 0.5) is 13.2 Å². The van der Waals surface area contributed by atoms with E-state index >= 15 is 0 Å². The molecule has 0 bridgehead atoms. The predicted molar refractivity (Wildman–Crippen MR) is 109 cm³/mol. The monoisotopic (exact) mass is 464 g/mol. The van der Waals surface area contributed by atoms with Gasteiger partial charge in [0.25, 0.3) is 5.91 Å². The van der Waals surface area contributed by atoms with Crippen LogP contribution in [0.3, 0.4) is 0 Å². The van der Waals surface area contributed by atoms with E-state index in [2.05, 4.69) is 4.36 Å². The maximum Gasteiger partial charge on any atom is 0.416 e. The number of benzene rings is 2. The molecule has 3 rings (SSSR count). The van der Waals surface area contributed by atoms with Crippen molar-refractivity contribution in [1.82, 2.24) is 0 Å². The number of hydrogen-bond acceptors (Lipinski definition) is 3. The highest BCUT2D eigenvalue weighted by Crippen LogP contribution is 2.37. The van der Waals surface area contributed by atoms with Crippen LogP contribution in [0.5, 0.6) is 0 Å². The van der Waals surface area contributed by atoms with Gasteiger partial charge in [0.15, 0.2) is 0 Å². The minimum absolute atomic E-state index is 0.0217. The van der Waals surface area contributed by atoms with Crippen LogP contribution in [-0.4, -0.2) is 27.7 Å². The summed E-state index contributed by atoms with van der Waals surface area (Å²) in [4.78, 5) is 11.6. The van der Waals surface area contributed by atoms with E-state index < -0.39 is 33.4 Å². The molecule has 0 saturated carbocycles. The van der Waals surface area contributed by atoms with Gasteiger partial charge in [-0.05, 0) is 42.2 Å². The lowest BCUT2D eigenvalue weighted by Crippen LogP contribution is -2.37. The van der Waals surface area contributed by atoms with E-state index in [1.807, 2.05) is 0 Å². The van der Waals surface area contributed by atoms with Crippen LogP contribution >= 0.6 is 23.2 Å². The third kappa shape index (κ3) is 5.12. The lowest BCUT2D eigenvalue weighted by Gasteiger charge is -2.19. The summed E-state index contributed by atoms with van der Waals surface area (Å²) >= 11 is 12.0. The molecule has 4 nitrogen and oxygen atoms in total. The number of hydrogen-bond donors (Lipinski definition) is 1. The summed E-state index contributed by atoms with van der Waals surface area (Å²) in [5.41, 5.74) is 5.38. The molecule has 1 amide bonds. The highest BCUT2D eigenvalue weighted by molar-refractivity contribution is 7.93. The summed E-state index contributed by atoms with van der Waals surface area (Å²) in [5, 5.41) is 0.609. The van der Waals surface area contributed by atoms with E-state index in [1.165, 1.54) is 18.2 Å². The molecule has 1 aliphatic rings. The van der Waals surface area contributed by atoms with Crippen LogP contribution < -0.4 is 5.73 Å². The molecule has 0 radical (unpaired) electrons. The van der Waals surface area contributed by atoms with E-state index in [-0.39, 0.29) is 40.5 Å². The van der Waals surface area contributed by atoms with Crippen LogP contribution in [0, 0.1) is 0 Å². The van der Waals surface area contributed by atoms with Crippen molar-refractivity contribution in [2.45, 2.75) is 25.1 Å². The molecule has 2 aromatic carbocycles. The predicted octanol–water partition coefficient (Wildman–Crippen LogP) is 4.95. The van der Waals surface area contributed by atoms with Crippen molar-refractivity contribution in [1.29, 1.82) is 0 Å². The summed E-state index contributed by atoms with van der Waals surface area (Å²) in [5.74, 6) is -0.708. The zero-order valence-corrected chi connectivity index (χ0v) is 17.3. The topological polar surface area (TPSA) is 72.5 Å². The fraction of sp³-hybridized carbons (Fsp3) is 0.316. The Morgan fingerprint density at radius 2 is 1.90 bits per heavy atom. The van der Waals surface area contributed by atoms with Gasteiger partial charge in [-0.3, -0.25) is 4.79 Å². The Kier molecular flexibility index (Phi) is 6.29. The molecule has 2 atom stereocenters. The van der Waals surface area contributed by atoms with E-state index in [0.717, 1.165) is 6.07 Å². The van der Waals surface area contributed by atoms with Gasteiger partial charge in [-0.25, -0.2) is 4.21 Å². The summed E-state index contributed by atoms with van der Waals surface area (Å²) in [6.07, 6.45) is -4.53. The molecule has 2 N–H and O–H groups in total. The molecular weight excluding hydrogens is 448 g/mol. The van der Waals surface area contributed by atoms with Crippen LogP contribution in [-0.2, 0) is 27.1 Å². The number of aryl methyl sites for hydroxylation is 1. The second-order valence-electron chi connectivity index (χ2n) is 6.75. The van der Waals surface area contributed by atoms with Crippen LogP contribution in [0.2, 0.25) is 10.0 Å². The molecular formula is C19H17Cl2F3N2O2S. The first kappa shape index (κ1) is 22.1. The van der Waals surface area contributed by atoms with E-state index in [1.54, 1.807) is 12.1 Å². The molecule has 1 unspecified atom stereocenters. The molecule has 0 aromatic heterocycles. The van der Waals surface area contributed by atoms with Crippen molar-refractivity contribution in [3.63, 3.8) is 0 Å². The molecule has 0 spiro atoms. The summed E-state index contributed by atoms with van der Waals surface area (Å²) < 4.78 is 57.3. The van der Waals surface area contributed by atoms with Crippen molar-refractivity contribution >= 4 is 38.8 Å². The zero-order chi connectivity index (χ0) is 21.4. The zero-order valence-electron chi connectivity index (χ0n) is 15.0. The highest BCUT2D eigenvalue weighted by Gasteiger charge is 2.34. The third-order valence-corrected chi connectivity index (χ3v) is 7.45. The van der Waals surface area contributed by atoms with Crippen LogP contribution in [0.25, 0.3) is 11.1 Å². The Hall–Kier alpha value is -1.61. The number of amides is 1. The third-order valence-electron chi connectivity index (χ3n) is 4.67. The largest absolute Gasteiger partial charge is 0.416 e. The fourth-order valence-corrected chi connectivity index (χ4v) is 5.61. The average molecular weight is 465 g/mol. The highest BCUT2D eigenvalue weighted by atomic mass is 35.5. The lowest BCUT2D eigenvalue weighted by atomic mass is 9.97. The molecule has 1 heterocycles. The van der Waals surface area contributed by atoms with Gasteiger partial charge in [0.1, 0.15) is 0 Å². The number of nitrogens with zero attached hydrogens (tertiary/aromatic N) is 1. The van der Waals surface area contributed by atoms with Gasteiger partial charge in [0.2, 0.25) is 0 Å². The standard InChI is InChI=1S/C19H17Cl2F3N2O2S/c20-13-3-4-14(16(21)10-13)12-2-1-11(15(9-12)19(22,23)24)5-7-29(28)8-6-17(25)18(27)26-29/h1-4,9-10,17H,5-8,25H2/t17-,29?/m0/s1. The van der Waals surface area contributed by atoms with E-state index in [0.29, 0.717) is 10.6 Å². The van der Waals surface area contributed by atoms with Gasteiger partial charge in [-0.1, -0.05) is 41.4 Å². The van der Waals surface area contributed by atoms with Gasteiger partial charge in [-0.2, -0.15) is 17.5 Å². The van der Waals surface area contributed by atoms with E-state index in [9.17, 15) is 22.2 Å². The molecule has 0 saturated heterocycles. The number of nitrogens with two attached hydrogens (primary N) is 1. The van der Waals surface area contributed by atoms with Crippen molar-refractivity contribution < 1.29 is 22.2 Å². The summed E-state index contributed by atoms with van der Waals surface area (Å²) in [6.45, 7) is 0. The SMILES string of the molecule is N[C@H]1CCS(=O)(CCc2ccc(-c3ccc(Cl)cc3Cl)cc2C(F)(F)F)=NC1=O. The molecule has 1 aliphatic heterocycles. The molecule has 29 heavy (non-hydrogen) atoms. The smallest absolute Gasteiger partial charge is 0.320 e. The average Bonchev–Trinajstić information content (AvgIpc) is 2.63. The first-order valence-corrected chi connectivity index (χ1v) is 11.3. The molecule has 156 valence electrons. The maximum atomic E-state index is 13.7. The Labute approximate surface area is 176 Å². The minimum Gasteiger partial charge on any atom is -0.320 e. The Bertz CT molecular complexity index is 1080. The quantitative estimate of drug-likeness (QED) is 0.695. The van der Waals surface area contributed by atoms with Crippen molar-refractivity contribution in [2.24, 2.45) is 10.1 Å². The number of alkyl halides is 3. The van der Waals surface area contributed by atoms with Gasteiger partial charge < -0.3 is 5.73 Å². The number of carbonyl (C=O) groups is 1. The molecule has 2 aromatic rings. The Balaban J connectivity index is 1.94. The van der Waals surface area contributed by atoms with Crippen molar-refractivity contribution in [2.75, 3.05) is 11.5 Å². The molecule has 0 fully saturated rings. The van der Waals surface area contributed by atoms with Gasteiger partial charge in [0, 0.05) is 27.1 Å². The normalized spacial score (nSPS) is 22.4. The summed E-state index contributed by atoms with van der Waals surface area (Å²) in [6, 6.07) is 7.62. The van der Waals surface area contributed by atoms with E-state index in [4.69, 9.17) is 28.9 Å². The second kappa shape index (κ2) is 8.26. The van der Waals surface area contributed by atoms with Gasteiger partial charge in [-0.15, -0.1) is 0 Å². The molecule has 0 aliphatic carbocycles. The maximum absolute atomic E-state index is 13.7. The van der Waals surface area contributed by atoms with Crippen molar-refractivity contribution in [3.8, 4) is 11.1 Å². The minimum atomic E-state index is -4.61. The Morgan fingerprint density at radius 3 is 2.52 bits per heavy atom. The fourth-order valence-electron chi connectivity index (χ4n) is 3.08. The first-order valence-electron chi connectivity index (χ1n) is 8.66. The second-order valence-corrected chi connectivity index (χ2v) is 10.1. The number of rotatable bonds is 4. The summed E-state index contributed by atoms with van der Waals surface area (Å²) in [7, 11) is -2.91. The number of halogens is 5. The number of carbonyl (C=O) groups excluding carboxylic acids is 1. The van der Waals surface area contributed by atoms with Crippen LogP contribution in [0.15, 0.2) is 40.8 Å².